The van der Waals surface area contributed by atoms with Gasteiger partial charge in [-0.15, -0.1) is 0 Å². The van der Waals surface area contributed by atoms with Crippen molar-refractivity contribution in [1.29, 1.82) is 0 Å². The van der Waals surface area contributed by atoms with Crippen molar-refractivity contribution in [2.24, 2.45) is 0 Å². The minimum absolute atomic E-state index is 0. The number of ether oxygens (including phenoxy) is 1. The Balaban J connectivity index is 0. The molecule has 0 bridgehead atoms. The molecule has 0 aromatic rings. The molecule has 4 nitrogen and oxygen atoms in total. The summed E-state index contributed by atoms with van der Waals surface area (Å²) in [7, 11) is 1.61. The summed E-state index contributed by atoms with van der Waals surface area (Å²) in [6, 6.07) is 0. The predicted molar refractivity (Wildman–Crippen MR) is 67.5 cm³/mol. The summed E-state index contributed by atoms with van der Waals surface area (Å²) in [6.45, 7) is 0.222. The van der Waals surface area contributed by atoms with E-state index in [0.29, 0.717) is 6.42 Å². The Morgan fingerprint density at radius 2 is 1.88 bits per heavy atom. The van der Waals surface area contributed by atoms with Gasteiger partial charge in [-0.1, -0.05) is 15.0 Å². The summed E-state index contributed by atoms with van der Waals surface area (Å²) in [5.41, 5.74) is 0.143. The molecule has 0 aliphatic carbocycles. The van der Waals surface area contributed by atoms with E-state index in [9.17, 15) is 9.59 Å². The third kappa shape index (κ3) is 12.6. The molecular weight excluding hydrogens is 238 g/mol. The predicted octanol–water partition coefficient (Wildman–Crippen LogP) is 0.659. The molecule has 0 radical (unpaired) electrons. The number of aliphatic hydroxyl groups is 1. The number of hydrogen-bond acceptors (Lipinski definition) is 4. The fourth-order valence-corrected chi connectivity index (χ4v) is 2.05. The molecule has 0 fully saturated rings. The van der Waals surface area contributed by atoms with Crippen LogP contribution in [0.15, 0.2) is 0 Å². The van der Waals surface area contributed by atoms with Crippen LogP contribution in [0.25, 0.3) is 0 Å². The van der Waals surface area contributed by atoms with Crippen LogP contribution in [0.2, 0.25) is 0 Å². The maximum atomic E-state index is 11.3. The quantitative estimate of drug-likeness (QED) is 0.285. The van der Waals surface area contributed by atoms with Crippen LogP contribution < -0.4 is 0 Å². The van der Waals surface area contributed by atoms with Crippen LogP contribution in [0.3, 0.4) is 0 Å². The zero-order chi connectivity index (χ0) is 11.5. The number of carbonyl (C=O) groups excluding carboxylic acids is 2. The van der Waals surface area contributed by atoms with Gasteiger partial charge in [0.05, 0.1) is 13.5 Å². The van der Waals surface area contributed by atoms with E-state index in [4.69, 9.17) is 5.11 Å². The van der Waals surface area contributed by atoms with Crippen molar-refractivity contribution < 1.29 is 19.4 Å². The summed E-state index contributed by atoms with van der Waals surface area (Å²) >= 11 is 0. The number of methoxy groups -OCH3 is 1. The van der Waals surface area contributed by atoms with Crippen LogP contribution in [-0.4, -0.2) is 66.0 Å². The van der Waals surface area contributed by atoms with Crippen molar-refractivity contribution in [3.05, 3.63) is 0 Å². The number of hydrogen-bond donors (Lipinski definition) is 1. The summed E-state index contributed by atoms with van der Waals surface area (Å²) < 4.78 is 4.44. The van der Waals surface area contributed by atoms with Gasteiger partial charge >= 0.3 is 35.5 Å². The van der Waals surface area contributed by atoms with Gasteiger partial charge in [0, 0.05) is 13.0 Å². The molecule has 0 aromatic heterocycles. The van der Waals surface area contributed by atoms with Crippen molar-refractivity contribution in [3.63, 3.8) is 0 Å². The SMILES string of the molecule is COC(=O)CCC(=O)PCCCCCO.[NaH]. The van der Waals surface area contributed by atoms with E-state index >= 15 is 0 Å². The molecular formula is C10H20NaO4P. The van der Waals surface area contributed by atoms with Crippen LogP contribution in [0.5, 0.6) is 0 Å². The number of unbranched alkanes of at least 4 members (excludes halogenated alkanes) is 2. The Hall–Kier alpha value is 0.530. The second-order valence-corrected chi connectivity index (χ2v) is 4.62. The third-order valence-corrected chi connectivity index (χ3v) is 3.19. The van der Waals surface area contributed by atoms with Gasteiger partial charge in [0.25, 0.3) is 0 Å². The molecule has 1 atom stereocenters. The van der Waals surface area contributed by atoms with Gasteiger partial charge in [0.15, 0.2) is 5.52 Å². The summed E-state index contributed by atoms with van der Waals surface area (Å²) in [6.07, 6.45) is 4.11. The summed E-state index contributed by atoms with van der Waals surface area (Å²) in [5, 5.41) is 8.53. The van der Waals surface area contributed by atoms with Crippen molar-refractivity contribution >= 4 is 49.6 Å². The van der Waals surface area contributed by atoms with Gasteiger partial charge in [0.1, 0.15) is 0 Å². The molecule has 1 unspecified atom stereocenters. The number of rotatable bonds is 9. The Labute approximate surface area is 121 Å². The van der Waals surface area contributed by atoms with E-state index in [0.717, 1.165) is 25.4 Å². The molecule has 0 spiro atoms. The normalized spacial score (nSPS) is 10.1. The van der Waals surface area contributed by atoms with Crippen LogP contribution in [0, 0.1) is 0 Å². The van der Waals surface area contributed by atoms with Crippen LogP contribution in [-0.2, 0) is 14.3 Å². The van der Waals surface area contributed by atoms with Crippen molar-refractivity contribution in [2.45, 2.75) is 32.1 Å². The average Bonchev–Trinajstić information content (AvgIpc) is 2.25. The third-order valence-electron chi connectivity index (χ3n) is 1.94. The molecule has 0 aliphatic heterocycles. The number of aliphatic hydroxyl groups excluding tert-OH is 1. The zero-order valence-electron chi connectivity index (χ0n) is 9.12. The fourth-order valence-electron chi connectivity index (χ4n) is 1.05. The van der Waals surface area contributed by atoms with Crippen molar-refractivity contribution in [1.82, 2.24) is 0 Å². The van der Waals surface area contributed by atoms with E-state index in [2.05, 4.69) is 4.74 Å². The van der Waals surface area contributed by atoms with Crippen molar-refractivity contribution in [2.75, 3.05) is 19.9 Å². The second kappa shape index (κ2) is 13.6. The molecule has 0 saturated carbocycles. The van der Waals surface area contributed by atoms with Gasteiger partial charge in [-0.05, 0) is 19.0 Å². The zero-order valence-corrected chi connectivity index (χ0v) is 10.1. The molecule has 6 heteroatoms. The van der Waals surface area contributed by atoms with Crippen LogP contribution in [0.4, 0.5) is 0 Å². The molecule has 16 heavy (non-hydrogen) atoms. The first-order valence-electron chi connectivity index (χ1n) is 5.15. The standard InChI is InChI=1S/C10H19O4P.Na.H/c1-14-9(12)5-6-10(13)15-8-4-2-3-7-11;;/h11,15H,2-8H2,1H3;;. The maximum absolute atomic E-state index is 11.3. The molecule has 0 aromatic carbocycles. The summed E-state index contributed by atoms with van der Waals surface area (Å²) in [4.78, 5) is 22.0. The molecule has 0 aliphatic rings. The van der Waals surface area contributed by atoms with E-state index < -0.39 is 0 Å². The molecule has 90 valence electrons. The van der Waals surface area contributed by atoms with E-state index in [1.807, 2.05) is 0 Å². The topological polar surface area (TPSA) is 63.6 Å². The van der Waals surface area contributed by atoms with Gasteiger partial charge < -0.3 is 9.84 Å². The average molecular weight is 258 g/mol. The van der Waals surface area contributed by atoms with Gasteiger partial charge in [-0.25, -0.2) is 0 Å². The van der Waals surface area contributed by atoms with Gasteiger partial charge in [-0.3, -0.25) is 9.59 Å². The van der Waals surface area contributed by atoms with Gasteiger partial charge in [0.2, 0.25) is 0 Å². The van der Waals surface area contributed by atoms with E-state index in [-0.39, 0.29) is 62.7 Å². The minimum atomic E-state index is -0.326. The first-order valence-corrected chi connectivity index (χ1v) is 6.35. The number of carbonyl (C=O) groups is 2. The summed E-state index contributed by atoms with van der Waals surface area (Å²) in [5.74, 6) is -0.326. The first-order chi connectivity index (χ1) is 7.20. The molecule has 0 saturated heterocycles. The Kier molecular flexibility index (Phi) is 16.0. The fraction of sp³-hybridized carbons (Fsp3) is 0.800. The van der Waals surface area contributed by atoms with E-state index in [1.54, 1.807) is 0 Å². The van der Waals surface area contributed by atoms with Crippen molar-refractivity contribution in [3.8, 4) is 0 Å². The van der Waals surface area contributed by atoms with E-state index in [1.165, 1.54) is 7.11 Å². The monoisotopic (exact) mass is 258 g/mol. The first kappa shape index (κ1) is 18.9. The Bertz CT molecular complexity index is 199. The van der Waals surface area contributed by atoms with Crippen LogP contribution in [0.1, 0.15) is 32.1 Å². The molecule has 0 rings (SSSR count). The number of esters is 1. The van der Waals surface area contributed by atoms with Crippen LogP contribution >= 0.6 is 8.58 Å². The Morgan fingerprint density at radius 3 is 2.44 bits per heavy atom. The molecule has 0 heterocycles. The second-order valence-electron chi connectivity index (χ2n) is 3.21. The van der Waals surface area contributed by atoms with Gasteiger partial charge in [-0.2, -0.15) is 0 Å². The Morgan fingerprint density at radius 1 is 1.19 bits per heavy atom. The molecule has 0 amide bonds. The molecule has 1 N–H and O–H groups in total.